The average Bonchev–Trinajstić information content (AvgIpc) is 2.82. The molecule has 3 aliphatic rings. The predicted octanol–water partition coefficient (Wildman–Crippen LogP) is 1.68. The zero-order chi connectivity index (χ0) is 14.4. The molecule has 2 aliphatic heterocycles. The Morgan fingerprint density at radius 2 is 2.10 bits per heavy atom. The van der Waals surface area contributed by atoms with Crippen molar-refractivity contribution in [1.29, 1.82) is 0 Å². The van der Waals surface area contributed by atoms with Crippen LogP contribution in [0, 0.1) is 0 Å². The van der Waals surface area contributed by atoms with Gasteiger partial charge in [-0.3, -0.25) is 9.69 Å². The summed E-state index contributed by atoms with van der Waals surface area (Å²) in [5, 5.41) is 2.66. The zero-order valence-corrected chi connectivity index (χ0v) is 11.4. The highest BCUT2D eigenvalue weighted by Gasteiger charge is 2.44. The van der Waals surface area contributed by atoms with Gasteiger partial charge < -0.3 is 14.8 Å². The zero-order valence-electron chi connectivity index (χ0n) is 11.4. The molecule has 2 amide bonds. The van der Waals surface area contributed by atoms with Crippen LogP contribution >= 0.6 is 0 Å². The van der Waals surface area contributed by atoms with Crippen molar-refractivity contribution in [3.05, 3.63) is 12.1 Å². The molecule has 0 bridgehead atoms. The summed E-state index contributed by atoms with van der Waals surface area (Å²) in [5.74, 6) is 1.13. The molecule has 0 unspecified atom stereocenters. The minimum Gasteiger partial charge on any atom is -0.480 e. The molecule has 1 aromatic heterocycles. The molecule has 1 N–H and O–H groups in total. The topological polar surface area (TPSA) is 80.8 Å². The Bertz CT molecular complexity index is 618. The molecule has 110 valence electrons. The lowest BCUT2D eigenvalue weighted by molar-refractivity contribution is -0.118. The van der Waals surface area contributed by atoms with Gasteiger partial charge in [0, 0.05) is 0 Å². The van der Waals surface area contributed by atoms with Crippen molar-refractivity contribution in [2.75, 3.05) is 16.8 Å². The van der Waals surface area contributed by atoms with Crippen LogP contribution in [-0.4, -0.2) is 35.7 Å². The van der Waals surface area contributed by atoms with Crippen LogP contribution in [0.1, 0.15) is 25.7 Å². The minimum absolute atomic E-state index is 0.00944. The molecule has 7 heteroatoms. The summed E-state index contributed by atoms with van der Waals surface area (Å²) in [4.78, 5) is 29.4. The third kappa shape index (κ3) is 2.00. The summed E-state index contributed by atoms with van der Waals surface area (Å²) in [6.07, 6.45) is 3.58. The molecule has 1 saturated carbocycles. The predicted molar refractivity (Wildman–Crippen MR) is 73.4 cm³/mol. The molecule has 4 rings (SSSR count). The van der Waals surface area contributed by atoms with E-state index < -0.39 is 0 Å². The summed E-state index contributed by atoms with van der Waals surface area (Å²) >= 11 is 0. The highest BCUT2D eigenvalue weighted by Crippen LogP contribution is 2.36. The maximum Gasteiger partial charge on any atom is 0.416 e. The first kappa shape index (κ1) is 12.4. The van der Waals surface area contributed by atoms with E-state index in [0.717, 1.165) is 25.7 Å². The lowest BCUT2D eigenvalue weighted by Gasteiger charge is -2.28. The second kappa shape index (κ2) is 4.61. The van der Waals surface area contributed by atoms with Crippen molar-refractivity contribution in [3.8, 4) is 5.75 Å². The average molecular weight is 289 g/mol. The monoisotopic (exact) mass is 289 g/mol. The third-order valence-corrected chi connectivity index (χ3v) is 4.16. The van der Waals surface area contributed by atoms with Crippen molar-refractivity contribution in [2.24, 2.45) is 0 Å². The van der Waals surface area contributed by atoms with Gasteiger partial charge in [0.15, 0.2) is 18.2 Å². The number of aromatic nitrogens is 1. The molecule has 0 radical (unpaired) electrons. The smallest absolute Gasteiger partial charge is 0.416 e. The first-order valence-electron chi connectivity index (χ1n) is 7.16. The van der Waals surface area contributed by atoms with E-state index >= 15 is 0 Å². The molecular formula is C14H15N3O4. The van der Waals surface area contributed by atoms with Gasteiger partial charge in [-0.15, -0.1) is 0 Å². The van der Waals surface area contributed by atoms with Crippen LogP contribution in [-0.2, 0) is 9.53 Å². The van der Waals surface area contributed by atoms with Crippen LogP contribution in [0.3, 0.4) is 0 Å². The normalized spacial score (nSPS) is 27.3. The Morgan fingerprint density at radius 3 is 3.00 bits per heavy atom. The third-order valence-electron chi connectivity index (χ3n) is 4.16. The van der Waals surface area contributed by atoms with Gasteiger partial charge in [-0.05, 0) is 31.4 Å². The van der Waals surface area contributed by atoms with E-state index in [0.29, 0.717) is 17.4 Å². The number of fused-ring (bicyclic) bond motifs is 2. The molecule has 1 saturated heterocycles. The second-order valence-corrected chi connectivity index (χ2v) is 5.50. The Labute approximate surface area is 121 Å². The summed E-state index contributed by atoms with van der Waals surface area (Å²) in [7, 11) is 0. The standard InChI is InChI=1S/C14H15N3O4/c18-12-7-20-10-5-6-11(15-13(10)16-12)17-8-3-1-2-4-9(8)21-14(17)19/h5-6,8-9H,1-4,7H2,(H,15,16,18)/t8-,9+/m1/s1. The summed E-state index contributed by atoms with van der Waals surface area (Å²) in [6.45, 7) is -0.00944. The fourth-order valence-electron chi connectivity index (χ4n) is 3.18. The fourth-order valence-corrected chi connectivity index (χ4v) is 3.18. The molecule has 7 nitrogen and oxygen atoms in total. The molecule has 1 aliphatic carbocycles. The number of carbonyl (C=O) groups is 2. The van der Waals surface area contributed by atoms with Gasteiger partial charge in [-0.2, -0.15) is 0 Å². The number of carbonyl (C=O) groups excluding carboxylic acids is 2. The number of anilines is 2. The quantitative estimate of drug-likeness (QED) is 0.850. The fraction of sp³-hybridized carbons (Fsp3) is 0.500. The Balaban J connectivity index is 1.68. The number of hydrogen-bond acceptors (Lipinski definition) is 5. The lowest BCUT2D eigenvalue weighted by atomic mass is 9.92. The second-order valence-electron chi connectivity index (χ2n) is 5.50. The van der Waals surface area contributed by atoms with Crippen molar-refractivity contribution in [3.63, 3.8) is 0 Å². The van der Waals surface area contributed by atoms with E-state index in [-0.39, 0.29) is 30.8 Å². The van der Waals surface area contributed by atoms with Crippen molar-refractivity contribution < 1.29 is 19.1 Å². The number of rotatable bonds is 1. The molecule has 3 heterocycles. The van der Waals surface area contributed by atoms with Crippen LogP contribution in [0.25, 0.3) is 0 Å². The van der Waals surface area contributed by atoms with Gasteiger partial charge in [-0.25, -0.2) is 9.78 Å². The van der Waals surface area contributed by atoms with Gasteiger partial charge in [0.05, 0.1) is 6.04 Å². The summed E-state index contributed by atoms with van der Waals surface area (Å²) in [6, 6.07) is 3.49. The van der Waals surface area contributed by atoms with Gasteiger partial charge in [0.2, 0.25) is 0 Å². The minimum atomic E-state index is -0.359. The SMILES string of the molecule is O=C1COc2ccc(N3C(=O)O[C@H]4CCCC[C@H]43)nc2N1. The van der Waals surface area contributed by atoms with Crippen LogP contribution in [0.15, 0.2) is 12.1 Å². The Kier molecular flexibility index (Phi) is 2.73. The number of nitrogens with one attached hydrogen (secondary N) is 1. The van der Waals surface area contributed by atoms with Crippen molar-refractivity contribution in [2.45, 2.75) is 37.8 Å². The number of amides is 2. The molecule has 0 aromatic carbocycles. The maximum atomic E-state index is 12.1. The van der Waals surface area contributed by atoms with Crippen LogP contribution in [0.2, 0.25) is 0 Å². The van der Waals surface area contributed by atoms with E-state index in [1.165, 1.54) is 0 Å². The number of hydrogen-bond donors (Lipinski definition) is 1. The number of nitrogens with zero attached hydrogens (tertiary/aromatic N) is 2. The molecule has 1 aromatic rings. The molecule has 2 atom stereocenters. The summed E-state index contributed by atoms with van der Waals surface area (Å²) in [5.41, 5.74) is 0. The molecule has 21 heavy (non-hydrogen) atoms. The molecule has 2 fully saturated rings. The maximum absolute atomic E-state index is 12.1. The van der Waals surface area contributed by atoms with E-state index in [1.54, 1.807) is 17.0 Å². The number of ether oxygens (including phenoxy) is 2. The highest BCUT2D eigenvalue weighted by molar-refractivity contribution is 5.95. The van der Waals surface area contributed by atoms with E-state index in [4.69, 9.17) is 9.47 Å². The molecular weight excluding hydrogens is 274 g/mol. The van der Waals surface area contributed by atoms with Gasteiger partial charge in [0.25, 0.3) is 5.91 Å². The van der Waals surface area contributed by atoms with Crippen molar-refractivity contribution >= 4 is 23.6 Å². The van der Waals surface area contributed by atoms with Crippen molar-refractivity contribution in [1.82, 2.24) is 4.98 Å². The Hall–Kier alpha value is -2.31. The lowest BCUT2D eigenvalue weighted by Crippen LogP contribution is -2.39. The van der Waals surface area contributed by atoms with Crippen LogP contribution < -0.4 is 15.0 Å². The molecule has 0 spiro atoms. The largest absolute Gasteiger partial charge is 0.480 e. The first-order chi connectivity index (χ1) is 10.2. The van der Waals surface area contributed by atoms with E-state index in [1.807, 2.05) is 0 Å². The summed E-state index contributed by atoms with van der Waals surface area (Å²) < 4.78 is 10.7. The number of pyridine rings is 1. The van der Waals surface area contributed by atoms with Crippen LogP contribution in [0.5, 0.6) is 5.75 Å². The first-order valence-corrected chi connectivity index (χ1v) is 7.16. The van der Waals surface area contributed by atoms with Gasteiger partial charge in [-0.1, -0.05) is 6.42 Å². The Morgan fingerprint density at radius 1 is 1.24 bits per heavy atom. The van der Waals surface area contributed by atoms with Crippen LogP contribution in [0.4, 0.5) is 16.4 Å². The highest BCUT2D eigenvalue weighted by atomic mass is 16.6. The van der Waals surface area contributed by atoms with E-state index in [2.05, 4.69) is 10.3 Å². The van der Waals surface area contributed by atoms with Gasteiger partial charge in [0.1, 0.15) is 11.9 Å². The van der Waals surface area contributed by atoms with Gasteiger partial charge >= 0.3 is 6.09 Å². The van der Waals surface area contributed by atoms with E-state index in [9.17, 15) is 9.59 Å².